The molecule has 3 atom stereocenters. The van der Waals surface area contributed by atoms with Gasteiger partial charge in [-0.15, -0.1) is 0 Å². The number of rotatable bonds is 2. The van der Waals surface area contributed by atoms with Gasteiger partial charge in [0.05, 0.1) is 5.92 Å². The molecule has 0 aliphatic heterocycles. The minimum absolute atomic E-state index is 0.0950. The van der Waals surface area contributed by atoms with Crippen LogP contribution < -0.4 is 5.73 Å². The fraction of sp³-hybridized carbons (Fsp3) is 0.857. The Labute approximate surface area is 60.2 Å². The Morgan fingerprint density at radius 3 is 2.60 bits per heavy atom. The molecule has 0 bridgehead atoms. The van der Waals surface area contributed by atoms with Gasteiger partial charge in [0.2, 0.25) is 0 Å². The molecular weight excluding hydrogens is 130 g/mol. The van der Waals surface area contributed by atoms with Crippen molar-refractivity contribution >= 4 is 5.97 Å². The predicted octanol–water partition coefficient (Wildman–Crippen LogP) is 0.444. The fourth-order valence-electron chi connectivity index (χ4n) is 1.60. The molecule has 10 heavy (non-hydrogen) atoms. The Kier molecular flexibility index (Phi) is 1.94. The predicted molar refractivity (Wildman–Crippen MR) is 37.5 cm³/mol. The molecular formula is C7H13NO2. The number of hydrogen-bond donors (Lipinski definition) is 2. The van der Waals surface area contributed by atoms with Crippen molar-refractivity contribution in [1.29, 1.82) is 0 Å². The van der Waals surface area contributed by atoms with Crippen LogP contribution in [0.4, 0.5) is 0 Å². The first-order chi connectivity index (χ1) is 4.66. The zero-order valence-electron chi connectivity index (χ0n) is 6.08. The van der Waals surface area contributed by atoms with Crippen LogP contribution in [0.5, 0.6) is 0 Å². The molecule has 0 aromatic heterocycles. The minimum Gasteiger partial charge on any atom is -0.481 e. The van der Waals surface area contributed by atoms with Gasteiger partial charge in [-0.2, -0.15) is 0 Å². The number of hydrogen-bond acceptors (Lipinski definition) is 2. The Hall–Kier alpha value is -0.570. The first-order valence-corrected chi connectivity index (χ1v) is 3.65. The summed E-state index contributed by atoms with van der Waals surface area (Å²) in [6.07, 6.45) is 1.82. The smallest absolute Gasteiger partial charge is 0.308 e. The minimum atomic E-state index is -0.731. The summed E-state index contributed by atoms with van der Waals surface area (Å²) in [5.41, 5.74) is 5.51. The van der Waals surface area contributed by atoms with Gasteiger partial charge >= 0.3 is 5.97 Å². The summed E-state index contributed by atoms with van der Waals surface area (Å²) in [6.45, 7) is 2.01. The van der Waals surface area contributed by atoms with Gasteiger partial charge in [-0.1, -0.05) is 13.3 Å². The second kappa shape index (κ2) is 2.58. The van der Waals surface area contributed by atoms with E-state index in [4.69, 9.17) is 10.8 Å². The number of aliphatic carboxylic acids is 1. The van der Waals surface area contributed by atoms with Crippen molar-refractivity contribution in [2.45, 2.75) is 25.8 Å². The molecule has 0 aromatic carbocycles. The summed E-state index contributed by atoms with van der Waals surface area (Å²) in [5, 5.41) is 8.63. The molecule has 0 aromatic rings. The molecule has 3 nitrogen and oxygen atoms in total. The average Bonchev–Trinajstić information content (AvgIpc) is 1.80. The molecule has 3 N–H and O–H groups in total. The first kappa shape index (κ1) is 7.54. The van der Waals surface area contributed by atoms with E-state index >= 15 is 0 Å². The van der Waals surface area contributed by atoms with Gasteiger partial charge in [-0.3, -0.25) is 4.79 Å². The average molecular weight is 143 g/mol. The van der Waals surface area contributed by atoms with E-state index in [1.807, 2.05) is 6.92 Å². The molecule has 1 aliphatic rings. The third-order valence-electron chi connectivity index (χ3n) is 2.35. The van der Waals surface area contributed by atoms with Crippen LogP contribution in [0.2, 0.25) is 0 Å². The van der Waals surface area contributed by atoms with Gasteiger partial charge in [0, 0.05) is 6.04 Å². The van der Waals surface area contributed by atoms with E-state index in [-0.39, 0.29) is 12.0 Å². The Morgan fingerprint density at radius 1 is 1.80 bits per heavy atom. The van der Waals surface area contributed by atoms with Crippen LogP contribution in [0.3, 0.4) is 0 Å². The zero-order chi connectivity index (χ0) is 7.72. The van der Waals surface area contributed by atoms with E-state index in [2.05, 4.69) is 0 Å². The summed E-state index contributed by atoms with van der Waals surface area (Å²) < 4.78 is 0. The summed E-state index contributed by atoms with van der Waals surface area (Å²) in [4.78, 5) is 10.5. The SMILES string of the molecule is CCC1CC(N)C1C(=O)O. The van der Waals surface area contributed by atoms with Crippen molar-refractivity contribution in [1.82, 2.24) is 0 Å². The molecule has 0 radical (unpaired) electrons. The van der Waals surface area contributed by atoms with E-state index in [0.29, 0.717) is 5.92 Å². The standard InChI is InChI=1S/C7H13NO2/c1-2-4-3-5(8)6(4)7(9)10/h4-6H,2-3,8H2,1H3,(H,9,10). The third kappa shape index (κ3) is 1.01. The van der Waals surface area contributed by atoms with Crippen molar-refractivity contribution in [2.75, 3.05) is 0 Å². The van der Waals surface area contributed by atoms with E-state index in [9.17, 15) is 4.79 Å². The summed E-state index contributed by atoms with van der Waals surface area (Å²) in [6, 6.07) is -0.0950. The zero-order valence-corrected chi connectivity index (χ0v) is 6.08. The molecule has 1 aliphatic carbocycles. The second-order valence-corrected chi connectivity index (χ2v) is 2.93. The van der Waals surface area contributed by atoms with Crippen molar-refractivity contribution in [3.63, 3.8) is 0 Å². The molecule has 58 valence electrons. The lowest BCUT2D eigenvalue weighted by Crippen LogP contribution is -2.51. The van der Waals surface area contributed by atoms with Crippen molar-refractivity contribution in [3.05, 3.63) is 0 Å². The third-order valence-corrected chi connectivity index (χ3v) is 2.35. The first-order valence-electron chi connectivity index (χ1n) is 3.65. The van der Waals surface area contributed by atoms with Gasteiger partial charge in [0.25, 0.3) is 0 Å². The summed E-state index contributed by atoms with van der Waals surface area (Å²) in [7, 11) is 0. The lowest BCUT2D eigenvalue weighted by Gasteiger charge is -2.39. The van der Waals surface area contributed by atoms with E-state index in [0.717, 1.165) is 12.8 Å². The normalized spacial score (nSPS) is 38.8. The van der Waals surface area contributed by atoms with Crippen molar-refractivity contribution < 1.29 is 9.90 Å². The van der Waals surface area contributed by atoms with Crippen LogP contribution >= 0.6 is 0 Å². The van der Waals surface area contributed by atoms with Crippen LogP contribution in [0.25, 0.3) is 0 Å². The Bertz CT molecular complexity index is 147. The molecule has 3 unspecified atom stereocenters. The fourth-order valence-corrected chi connectivity index (χ4v) is 1.60. The largest absolute Gasteiger partial charge is 0.481 e. The molecule has 0 heterocycles. The number of carbonyl (C=O) groups is 1. The molecule has 1 fully saturated rings. The Balaban J connectivity index is 2.48. The number of carboxylic acids is 1. The molecule has 3 heteroatoms. The van der Waals surface area contributed by atoms with Crippen molar-refractivity contribution in [2.24, 2.45) is 17.6 Å². The molecule has 1 saturated carbocycles. The number of carboxylic acid groups (broad SMARTS) is 1. The van der Waals surface area contributed by atoms with E-state index < -0.39 is 5.97 Å². The van der Waals surface area contributed by atoms with Crippen LogP contribution in [0, 0.1) is 11.8 Å². The van der Waals surface area contributed by atoms with Gasteiger partial charge in [-0.25, -0.2) is 0 Å². The maximum absolute atomic E-state index is 10.5. The quantitative estimate of drug-likeness (QED) is 0.589. The van der Waals surface area contributed by atoms with Crippen molar-refractivity contribution in [3.8, 4) is 0 Å². The van der Waals surface area contributed by atoms with E-state index in [1.54, 1.807) is 0 Å². The second-order valence-electron chi connectivity index (χ2n) is 2.93. The maximum atomic E-state index is 10.5. The van der Waals surface area contributed by atoms with Gasteiger partial charge < -0.3 is 10.8 Å². The van der Waals surface area contributed by atoms with Crippen LogP contribution in [-0.4, -0.2) is 17.1 Å². The van der Waals surface area contributed by atoms with Gasteiger partial charge in [-0.05, 0) is 12.3 Å². The van der Waals surface area contributed by atoms with Gasteiger partial charge in [0.15, 0.2) is 0 Å². The van der Waals surface area contributed by atoms with Gasteiger partial charge in [0.1, 0.15) is 0 Å². The maximum Gasteiger partial charge on any atom is 0.308 e. The molecule has 1 rings (SSSR count). The summed E-state index contributed by atoms with van der Waals surface area (Å²) in [5.74, 6) is -0.678. The lowest BCUT2D eigenvalue weighted by molar-refractivity contribution is -0.149. The highest BCUT2D eigenvalue weighted by atomic mass is 16.4. The summed E-state index contributed by atoms with van der Waals surface area (Å²) >= 11 is 0. The van der Waals surface area contributed by atoms with Crippen LogP contribution in [0.1, 0.15) is 19.8 Å². The molecule has 0 amide bonds. The van der Waals surface area contributed by atoms with Crippen LogP contribution in [0.15, 0.2) is 0 Å². The monoisotopic (exact) mass is 143 g/mol. The highest BCUT2D eigenvalue weighted by Crippen LogP contribution is 2.35. The molecule has 0 spiro atoms. The number of nitrogens with two attached hydrogens (primary N) is 1. The molecule has 0 saturated heterocycles. The highest BCUT2D eigenvalue weighted by Gasteiger charge is 2.42. The lowest BCUT2D eigenvalue weighted by atomic mass is 9.68. The van der Waals surface area contributed by atoms with E-state index in [1.165, 1.54) is 0 Å². The topological polar surface area (TPSA) is 63.3 Å². The van der Waals surface area contributed by atoms with Crippen LogP contribution in [-0.2, 0) is 4.79 Å². The Morgan fingerprint density at radius 2 is 2.40 bits per heavy atom. The highest BCUT2D eigenvalue weighted by molar-refractivity contribution is 5.72.